The zero-order valence-electron chi connectivity index (χ0n) is 11.9. The third-order valence-electron chi connectivity index (χ3n) is 3.12. The van der Waals surface area contributed by atoms with Gasteiger partial charge in [-0.05, 0) is 51.8 Å². The van der Waals surface area contributed by atoms with Crippen molar-refractivity contribution in [3.8, 4) is 0 Å². The second-order valence-corrected chi connectivity index (χ2v) is 6.07. The molecular formula is C15H19FN2O2. The number of carbonyl (C=O) groups is 2. The maximum atomic E-state index is 13.2. The molecule has 0 saturated heterocycles. The molecule has 20 heavy (non-hydrogen) atoms. The van der Waals surface area contributed by atoms with Gasteiger partial charge in [-0.15, -0.1) is 0 Å². The highest BCUT2D eigenvalue weighted by Crippen LogP contribution is 2.29. The van der Waals surface area contributed by atoms with Crippen molar-refractivity contribution in [2.45, 2.75) is 39.2 Å². The van der Waals surface area contributed by atoms with E-state index >= 15 is 0 Å². The molecule has 4 nitrogen and oxygen atoms in total. The van der Waals surface area contributed by atoms with E-state index in [-0.39, 0.29) is 17.4 Å². The Labute approximate surface area is 117 Å². The van der Waals surface area contributed by atoms with E-state index in [4.69, 9.17) is 0 Å². The lowest BCUT2D eigenvalue weighted by atomic mass is 10.1. The third-order valence-corrected chi connectivity index (χ3v) is 3.12. The number of nitrogens with zero attached hydrogens (tertiary/aromatic N) is 1. The van der Waals surface area contributed by atoms with Crippen molar-refractivity contribution < 1.29 is 14.0 Å². The van der Waals surface area contributed by atoms with Crippen LogP contribution in [0, 0.1) is 11.7 Å². The van der Waals surface area contributed by atoms with Crippen LogP contribution in [0.15, 0.2) is 24.3 Å². The van der Waals surface area contributed by atoms with Gasteiger partial charge in [0.1, 0.15) is 5.82 Å². The molecule has 2 rings (SSSR count). The Bertz CT molecular complexity index is 533. The number of carbonyl (C=O) groups excluding carboxylic acids is 2. The van der Waals surface area contributed by atoms with Gasteiger partial charge in [0, 0.05) is 11.5 Å². The summed E-state index contributed by atoms with van der Waals surface area (Å²) in [4.78, 5) is 24.4. The van der Waals surface area contributed by atoms with E-state index in [0.29, 0.717) is 0 Å². The SMILES string of the molecule is CC(C)(C)N(NC(=O)C1CC1)C(=O)c1cccc(F)c1. The minimum Gasteiger partial charge on any atom is -0.273 e. The van der Waals surface area contributed by atoms with Gasteiger partial charge < -0.3 is 0 Å². The number of benzene rings is 1. The van der Waals surface area contributed by atoms with E-state index in [2.05, 4.69) is 5.43 Å². The Morgan fingerprint density at radius 3 is 2.45 bits per heavy atom. The number of amides is 2. The fourth-order valence-electron chi connectivity index (χ4n) is 1.82. The number of hydrogen-bond donors (Lipinski definition) is 1. The Morgan fingerprint density at radius 2 is 1.95 bits per heavy atom. The second-order valence-electron chi connectivity index (χ2n) is 6.07. The maximum Gasteiger partial charge on any atom is 0.272 e. The smallest absolute Gasteiger partial charge is 0.272 e. The summed E-state index contributed by atoms with van der Waals surface area (Å²) in [5.41, 5.74) is 2.29. The molecule has 0 spiro atoms. The maximum absolute atomic E-state index is 13.2. The molecule has 0 heterocycles. The standard InChI is InChI=1S/C15H19FN2O2/c1-15(2,3)18(17-13(19)10-7-8-10)14(20)11-5-4-6-12(16)9-11/h4-6,9-10H,7-8H2,1-3H3,(H,17,19). The van der Waals surface area contributed by atoms with Crippen LogP contribution < -0.4 is 5.43 Å². The Kier molecular flexibility index (Phi) is 3.79. The minimum atomic E-state index is -0.589. The average molecular weight is 278 g/mol. The average Bonchev–Trinajstić information content (AvgIpc) is 3.17. The highest BCUT2D eigenvalue weighted by Gasteiger charge is 2.35. The van der Waals surface area contributed by atoms with Gasteiger partial charge in [-0.2, -0.15) is 0 Å². The van der Waals surface area contributed by atoms with E-state index in [0.717, 1.165) is 12.8 Å². The van der Waals surface area contributed by atoms with E-state index in [1.54, 1.807) is 0 Å². The number of hydrogen-bond acceptors (Lipinski definition) is 2. The van der Waals surface area contributed by atoms with Crippen molar-refractivity contribution in [3.05, 3.63) is 35.6 Å². The predicted octanol–water partition coefficient (Wildman–Crippen LogP) is 2.51. The summed E-state index contributed by atoms with van der Waals surface area (Å²) in [6, 6.07) is 5.46. The summed E-state index contributed by atoms with van der Waals surface area (Å²) >= 11 is 0. The fourth-order valence-corrected chi connectivity index (χ4v) is 1.82. The number of nitrogens with one attached hydrogen (secondary N) is 1. The third kappa shape index (κ3) is 3.35. The summed E-state index contributed by atoms with van der Waals surface area (Å²) in [5, 5.41) is 1.28. The van der Waals surface area contributed by atoms with Gasteiger partial charge in [0.15, 0.2) is 0 Å². The first kappa shape index (κ1) is 14.5. The predicted molar refractivity (Wildman–Crippen MR) is 73.2 cm³/mol. The molecule has 0 atom stereocenters. The molecule has 2 amide bonds. The first-order valence-electron chi connectivity index (χ1n) is 6.69. The molecule has 0 radical (unpaired) electrons. The molecular weight excluding hydrogens is 259 g/mol. The lowest BCUT2D eigenvalue weighted by Gasteiger charge is -2.35. The molecule has 0 bridgehead atoms. The molecule has 1 aromatic carbocycles. The highest BCUT2D eigenvalue weighted by molar-refractivity contribution is 5.96. The van der Waals surface area contributed by atoms with Crippen LogP contribution in [0.3, 0.4) is 0 Å². The van der Waals surface area contributed by atoms with Crippen LogP contribution in [0.2, 0.25) is 0 Å². The van der Waals surface area contributed by atoms with Gasteiger partial charge in [-0.25, -0.2) is 9.40 Å². The monoisotopic (exact) mass is 278 g/mol. The van der Waals surface area contributed by atoms with Crippen molar-refractivity contribution in [3.63, 3.8) is 0 Å². The highest BCUT2D eigenvalue weighted by atomic mass is 19.1. The van der Waals surface area contributed by atoms with Gasteiger partial charge in [-0.1, -0.05) is 6.07 Å². The van der Waals surface area contributed by atoms with Crippen LogP contribution in [0.1, 0.15) is 44.0 Å². The fraction of sp³-hybridized carbons (Fsp3) is 0.467. The lowest BCUT2D eigenvalue weighted by molar-refractivity contribution is -0.128. The molecule has 1 aliphatic rings. The summed E-state index contributed by atoms with van der Waals surface area (Å²) in [6.07, 6.45) is 1.72. The molecule has 1 N–H and O–H groups in total. The van der Waals surface area contributed by atoms with E-state index in [1.807, 2.05) is 20.8 Å². The summed E-state index contributed by atoms with van der Waals surface area (Å²) in [5.74, 6) is -1.03. The molecule has 1 fully saturated rings. The van der Waals surface area contributed by atoms with Crippen LogP contribution >= 0.6 is 0 Å². The minimum absolute atomic E-state index is 0.000148. The largest absolute Gasteiger partial charge is 0.273 e. The van der Waals surface area contributed by atoms with E-state index < -0.39 is 17.3 Å². The van der Waals surface area contributed by atoms with E-state index in [9.17, 15) is 14.0 Å². The van der Waals surface area contributed by atoms with Crippen LogP contribution in [-0.4, -0.2) is 22.4 Å². The molecule has 1 aliphatic carbocycles. The first-order chi connectivity index (χ1) is 9.29. The number of rotatable bonds is 2. The summed E-state index contributed by atoms with van der Waals surface area (Å²) in [7, 11) is 0. The van der Waals surface area contributed by atoms with Crippen molar-refractivity contribution in [1.29, 1.82) is 0 Å². The molecule has 1 aromatic rings. The van der Waals surface area contributed by atoms with Crippen molar-refractivity contribution >= 4 is 11.8 Å². The van der Waals surface area contributed by atoms with Crippen LogP contribution in [-0.2, 0) is 4.79 Å². The van der Waals surface area contributed by atoms with Crippen LogP contribution in [0.4, 0.5) is 4.39 Å². The molecule has 0 aromatic heterocycles. The number of hydrazine groups is 1. The zero-order valence-corrected chi connectivity index (χ0v) is 11.9. The van der Waals surface area contributed by atoms with Crippen molar-refractivity contribution in [2.75, 3.05) is 0 Å². The van der Waals surface area contributed by atoms with Gasteiger partial charge in [-0.3, -0.25) is 15.0 Å². The Hall–Kier alpha value is -1.91. The molecule has 5 heteroatoms. The zero-order chi connectivity index (χ0) is 14.9. The van der Waals surface area contributed by atoms with Crippen LogP contribution in [0.5, 0.6) is 0 Å². The summed E-state index contributed by atoms with van der Waals surface area (Å²) < 4.78 is 13.2. The lowest BCUT2D eigenvalue weighted by Crippen LogP contribution is -2.56. The molecule has 1 saturated carbocycles. The second kappa shape index (κ2) is 5.23. The van der Waals surface area contributed by atoms with Gasteiger partial charge in [0.2, 0.25) is 5.91 Å². The quantitative estimate of drug-likeness (QED) is 0.845. The molecule has 0 unspecified atom stereocenters. The Morgan fingerprint density at radius 1 is 1.30 bits per heavy atom. The summed E-state index contributed by atoms with van der Waals surface area (Å²) in [6.45, 7) is 5.45. The normalized spacial score (nSPS) is 14.8. The Balaban J connectivity index is 2.21. The first-order valence-corrected chi connectivity index (χ1v) is 6.69. The van der Waals surface area contributed by atoms with Crippen molar-refractivity contribution in [2.24, 2.45) is 5.92 Å². The van der Waals surface area contributed by atoms with Gasteiger partial charge >= 0.3 is 0 Å². The van der Waals surface area contributed by atoms with E-state index in [1.165, 1.54) is 29.3 Å². The van der Waals surface area contributed by atoms with Crippen LogP contribution in [0.25, 0.3) is 0 Å². The van der Waals surface area contributed by atoms with Gasteiger partial charge in [0.05, 0.1) is 5.54 Å². The topological polar surface area (TPSA) is 49.4 Å². The van der Waals surface area contributed by atoms with Crippen molar-refractivity contribution in [1.82, 2.24) is 10.4 Å². The van der Waals surface area contributed by atoms with Gasteiger partial charge in [0.25, 0.3) is 5.91 Å². The molecule has 108 valence electrons. The molecule has 0 aliphatic heterocycles. The number of halogens is 1.